The zero-order valence-corrected chi connectivity index (χ0v) is 13.9. The first-order valence-electron chi connectivity index (χ1n) is 8.13. The van der Waals surface area contributed by atoms with Gasteiger partial charge in [0.2, 0.25) is 5.89 Å². The summed E-state index contributed by atoms with van der Waals surface area (Å²) in [4.78, 5) is 4.52. The highest BCUT2D eigenvalue weighted by atomic mass is 35.5. The van der Waals surface area contributed by atoms with E-state index in [0.29, 0.717) is 24.7 Å². The fourth-order valence-corrected chi connectivity index (χ4v) is 3.28. The Balaban J connectivity index is 0.00000156. The molecule has 5 nitrogen and oxygen atoms in total. The summed E-state index contributed by atoms with van der Waals surface area (Å²) in [5.74, 6) is 1.38. The molecule has 0 saturated carbocycles. The maximum absolute atomic E-state index is 5.44. The van der Waals surface area contributed by atoms with Crippen LogP contribution in [0.25, 0.3) is 0 Å². The number of fused-ring (bicyclic) bond motifs is 1. The average Bonchev–Trinajstić information content (AvgIpc) is 3.04. The molecule has 2 aliphatic rings. The van der Waals surface area contributed by atoms with Crippen LogP contribution in [0, 0.1) is 0 Å². The molecule has 23 heavy (non-hydrogen) atoms. The van der Waals surface area contributed by atoms with Crippen LogP contribution in [-0.2, 0) is 24.0 Å². The lowest BCUT2D eigenvalue weighted by molar-refractivity contribution is 0.0734. The number of halogens is 1. The fraction of sp³-hybridized carbons (Fsp3) is 0.529. The summed E-state index contributed by atoms with van der Waals surface area (Å²) in [6.45, 7) is 2.19. The second-order valence-electron chi connectivity index (χ2n) is 6.11. The van der Waals surface area contributed by atoms with Crippen molar-refractivity contribution in [2.24, 2.45) is 0 Å². The van der Waals surface area contributed by atoms with E-state index >= 15 is 0 Å². The Labute approximate surface area is 142 Å². The Morgan fingerprint density at radius 2 is 2.04 bits per heavy atom. The third-order valence-electron chi connectivity index (χ3n) is 4.49. The van der Waals surface area contributed by atoms with Crippen molar-refractivity contribution in [1.82, 2.24) is 15.5 Å². The third kappa shape index (κ3) is 3.74. The van der Waals surface area contributed by atoms with Gasteiger partial charge in [0.15, 0.2) is 5.82 Å². The number of aromatic nitrogens is 2. The second kappa shape index (κ2) is 7.43. The molecule has 1 aliphatic heterocycles. The van der Waals surface area contributed by atoms with E-state index in [1.807, 2.05) is 0 Å². The topological polar surface area (TPSA) is 60.2 Å². The van der Waals surface area contributed by atoms with Gasteiger partial charge in [0.05, 0.1) is 25.7 Å². The summed E-state index contributed by atoms with van der Waals surface area (Å²) in [7, 11) is 0. The van der Waals surface area contributed by atoms with Gasteiger partial charge in [-0.1, -0.05) is 23.4 Å². The minimum atomic E-state index is 0. The van der Waals surface area contributed by atoms with Crippen molar-refractivity contribution in [2.45, 2.75) is 38.1 Å². The highest BCUT2D eigenvalue weighted by Gasteiger charge is 2.21. The van der Waals surface area contributed by atoms with E-state index in [-0.39, 0.29) is 18.4 Å². The van der Waals surface area contributed by atoms with E-state index in [1.165, 1.54) is 42.4 Å². The molecule has 1 unspecified atom stereocenters. The average molecular weight is 336 g/mol. The lowest BCUT2D eigenvalue weighted by Crippen LogP contribution is -2.35. The fourth-order valence-electron chi connectivity index (χ4n) is 3.28. The van der Waals surface area contributed by atoms with Gasteiger partial charge in [-0.25, -0.2) is 0 Å². The first kappa shape index (κ1) is 16.4. The van der Waals surface area contributed by atoms with Crippen LogP contribution in [0.2, 0.25) is 0 Å². The first-order chi connectivity index (χ1) is 10.9. The molecular weight excluding hydrogens is 314 g/mol. The molecule has 1 aliphatic carbocycles. The molecule has 0 bridgehead atoms. The number of nitrogens with zero attached hydrogens (tertiary/aromatic N) is 2. The number of benzene rings is 1. The minimum Gasteiger partial charge on any atom is -0.378 e. The van der Waals surface area contributed by atoms with Gasteiger partial charge in [-0.2, -0.15) is 4.98 Å². The van der Waals surface area contributed by atoms with Crippen LogP contribution in [0.15, 0.2) is 22.7 Å². The number of morpholine rings is 1. The summed E-state index contributed by atoms with van der Waals surface area (Å²) in [5, 5.41) is 7.44. The molecule has 1 atom stereocenters. The van der Waals surface area contributed by atoms with Crippen LogP contribution in [0.1, 0.15) is 47.3 Å². The summed E-state index contributed by atoms with van der Waals surface area (Å²) in [6, 6.07) is 6.81. The molecule has 0 amide bonds. The highest BCUT2D eigenvalue weighted by molar-refractivity contribution is 5.85. The predicted octanol–water partition coefficient (Wildman–Crippen LogP) is 2.62. The minimum absolute atomic E-state index is 0. The molecule has 6 heteroatoms. The van der Waals surface area contributed by atoms with E-state index in [1.54, 1.807) is 0 Å². The van der Waals surface area contributed by atoms with E-state index < -0.39 is 0 Å². The second-order valence-corrected chi connectivity index (χ2v) is 6.11. The van der Waals surface area contributed by atoms with Crippen molar-refractivity contribution in [3.8, 4) is 0 Å². The lowest BCUT2D eigenvalue weighted by atomic mass is 9.90. The Hall–Kier alpha value is -1.43. The Bertz CT molecular complexity index is 653. The van der Waals surface area contributed by atoms with Crippen LogP contribution in [0.5, 0.6) is 0 Å². The van der Waals surface area contributed by atoms with Crippen LogP contribution in [0.4, 0.5) is 0 Å². The molecule has 1 N–H and O–H groups in total. The van der Waals surface area contributed by atoms with Gasteiger partial charge in [0.1, 0.15) is 0 Å². The molecule has 1 aromatic carbocycles. The van der Waals surface area contributed by atoms with Crippen LogP contribution >= 0.6 is 12.4 Å². The van der Waals surface area contributed by atoms with Gasteiger partial charge >= 0.3 is 0 Å². The van der Waals surface area contributed by atoms with E-state index in [9.17, 15) is 0 Å². The molecule has 2 aromatic rings. The molecular formula is C17H22ClN3O2. The number of ether oxygens (including phenoxy) is 1. The Morgan fingerprint density at radius 3 is 2.87 bits per heavy atom. The predicted molar refractivity (Wildman–Crippen MR) is 89.0 cm³/mol. The number of hydrogen-bond donors (Lipinski definition) is 1. The zero-order valence-electron chi connectivity index (χ0n) is 13.1. The maximum Gasteiger partial charge on any atom is 0.231 e. The van der Waals surface area contributed by atoms with Crippen LogP contribution in [-0.4, -0.2) is 29.9 Å². The smallest absolute Gasteiger partial charge is 0.231 e. The molecule has 1 aromatic heterocycles. The van der Waals surface area contributed by atoms with Crippen molar-refractivity contribution < 1.29 is 9.26 Å². The van der Waals surface area contributed by atoms with Crippen molar-refractivity contribution in [2.75, 3.05) is 19.8 Å². The van der Waals surface area contributed by atoms with E-state index in [4.69, 9.17) is 9.26 Å². The SMILES string of the molecule is Cl.c1cc2c(cc1Cc1nc(C3COCCN3)no1)CCCC2. The summed E-state index contributed by atoms with van der Waals surface area (Å²) < 4.78 is 10.9. The molecule has 2 heterocycles. The summed E-state index contributed by atoms with van der Waals surface area (Å²) in [6.07, 6.45) is 5.73. The van der Waals surface area contributed by atoms with Gasteiger partial charge in [-0.15, -0.1) is 12.4 Å². The molecule has 1 fully saturated rings. The van der Waals surface area contributed by atoms with Crippen molar-refractivity contribution in [3.05, 3.63) is 46.6 Å². The van der Waals surface area contributed by atoms with Gasteiger partial charge < -0.3 is 14.6 Å². The monoisotopic (exact) mass is 335 g/mol. The van der Waals surface area contributed by atoms with Crippen molar-refractivity contribution in [3.63, 3.8) is 0 Å². The number of nitrogens with one attached hydrogen (secondary N) is 1. The number of rotatable bonds is 3. The highest BCUT2D eigenvalue weighted by Crippen LogP contribution is 2.23. The molecule has 0 radical (unpaired) electrons. The van der Waals surface area contributed by atoms with E-state index in [0.717, 1.165) is 13.2 Å². The van der Waals surface area contributed by atoms with Crippen LogP contribution in [0.3, 0.4) is 0 Å². The van der Waals surface area contributed by atoms with E-state index in [2.05, 4.69) is 33.7 Å². The maximum atomic E-state index is 5.44. The quantitative estimate of drug-likeness (QED) is 0.934. The largest absolute Gasteiger partial charge is 0.378 e. The summed E-state index contributed by atoms with van der Waals surface area (Å²) in [5.41, 5.74) is 4.25. The summed E-state index contributed by atoms with van der Waals surface area (Å²) >= 11 is 0. The normalized spacial score (nSPS) is 20.6. The molecule has 1 saturated heterocycles. The Morgan fingerprint density at radius 1 is 1.17 bits per heavy atom. The van der Waals surface area contributed by atoms with Gasteiger partial charge in [0.25, 0.3) is 0 Å². The number of aryl methyl sites for hydroxylation is 2. The van der Waals surface area contributed by atoms with Gasteiger partial charge in [-0.05, 0) is 42.4 Å². The Kier molecular flexibility index (Phi) is 5.30. The molecule has 0 spiro atoms. The lowest BCUT2D eigenvalue weighted by Gasteiger charge is -2.20. The van der Waals surface area contributed by atoms with Gasteiger partial charge in [0, 0.05) is 6.54 Å². The molecule has 4 rings (SSSR count). The first-order valence-corrected chi connectivity index (χ1v) is 8.13. The van der Waals surface area contributed by atoms with Crippen LogP contribution < -0.4 is 5.32 Å². The number of hydrogen-bond acceptors (Lipinski definition) is 5. The zero-order chi connectivity index (χ0) is 14.8. The van der Waals surface area contributed by atoms with Crippen molar-refractivity contribution >= 4 is 12.4 Å². The third-order valence-corrected chi connectivity index (χ3v) is 4.49. The van der Waals surface area contributed by atoms with Gasteiger partial charge in [-0.3, -0.25) is 0 Å². The molecule has 124 valence electrons. The standard InChI is InChI=1S/C17H21N3O2.ClH/c1-2-4-14-9-12(5-6-13(14)3-1)10-16-19-17(20-22-16)15-11-21-8-7-18-15;/h5-6,9,15,18H,1-4,7-8,10-11H2;1H. The van der Waals surface area contributed by atoms with Crippen molar-refractivity contribution in [1.29, 1.82) is 0 Å².